The summed E-state index contributed by atoms with van der Waals surface area (Å²) in [4.78, 5) is 0. The Bertz CT molecular complexity index is 1160. The van der Waals surface area contributed by atoms with E-state index in [0.717, 1.165) is 6.54 Å². The van der Waals surface area contributed by atoms with Crippen LogP contribution >= 0.6 is 11.3 Å². The molecule has 1 fully saturated rings. The number of hydrogen-bond donors (Lipinski definition) is 0. The van der Waals surface area contributed by atoms with Crippen LogP contribution in [-0.2, 0) is 6.54 Å². The molecule has 4 aromatic rings. The summed E-state index contributed by atoms with van der Waals surface area (Å²) in [5.74, 6) is 0. The van der Waals surface area contributed by atoms with Gasteiger partial charge in [-0.25, -0.2) is 0 Å². The number of thiophene rings is 1. The van der Waals surface area contributed by atoms with Gasteiger partial charge in [0.05, 0.1) is 10.2 Å². The van der Waals surface area contributed by atoms with Crippen LogP contribution in [0.15, 0.2) is 59.5 Å². The van der Waals surface area contributed by atoms with Gasteiger partial charge >= 0.3 is 0 Å². The topological polar surface area (TPSA) is 4.93 Å². The molecule has 0 atom stereocenters. The van der Waals surface area contributed by atoms with Crippen LogP contribution in [0.4, 0.5) is 0 Å². The first kappa shape index (κ1) is 16.8. The van der Waals surface area contributed by atoms with Crippen molar-refractivity contribution < 1.29 is 0 Å². The fourth-order valence-electron chi connectivity index (χ4n) is 4.54. The molecular weight excluding hydrogens is 346 g/mol. The molecule has 136 valence electrons. The summed E-state index contributed by atoms with van der Waals surface area (Å²) in [5, 5.41) is 4.97. The first-order chi connectivity index (χ1) is 13.3. The lowest BCUT2D eigenvalue weighted by molar-refractivity contribution is 0.665. The molecule has 0 unspecified atom stereocenters. The highest BCUT2D eigenvalue weighted by molar-refractivity contribution is 7.17. The third kappa shape index (κ3) is 2.58. The van der Waals surface area contributed by atoms with Crippen LogP contribution in [-0.4, -0.2) is 4.57 Å². The first-order valence-electron chi connectivity index (χ1n) is 10.1. The Balaban J connectivity index is 1.84. The van der Waals surface area contributed by atoms with Gasteiger partial charge in [-0.2, -0.15) is 0 Å². The van der Waals surface area contributed by atoms with Crippen LogP contribution in [0.25, 0.3) is 26.6 Å². The van der Waals surface area contributed by atoms with Crippen LogP contribution < -0.4 is 0 Å². The van der Waals surface area contributed by atoms with Gasteiger partial charge in [-0.05, 0) is 66.0 Å². The lowest BCUT2D eigenvalue weighted by atomic mass is 9.81. The normalized spacial score (nSPS) is 14.1. The number of hydrogen-bond acceptors (Lipinski definition) is 1. The van der Waals surface area contributed by atoms with Crippen molar-refractivity contribution in [3.63, 3.8) is 0 Å². The molecule has 0 bridgehead atoms. The average Bonchev–Trinajstić information content (AvgIpc) is 3.21. The second-order valence-electron chi connectivity index (χ2n) is 7.61. The van der Waals surface area contributed by atoms with E-state index in [1.165, 1.54) is 69.1 Å². The highest BCUT2D eigenvalue weighted by Gasteiger charge is 2.25. The van der Waals surface area contributed by atoms with Gasteiger partial charge in [0, 0.05) is 17.8 Å². The van der Waals surface area contributed by atoms with E-state index in [1.807, 2.05) is 11.3 Å². The molecule has 2 heteroatoms. The largest absolute Gasteiger partial charge is 0.344 e. The molecule has 2 heterocycles. The average molecular weight is 372 g/mol. The first-order valence-corrected chi connectivity index (χ1v) is 10.9. The molecule has 1 saturated carbocycles. The molecular formula is C25H25NS. The van der Waals surface area contributed by atoms with Crippen LogP contribution in [0, 0.1) is 6.92 Å². The van der Waals surface area contributed by atoms with E-state index in [9.17, 15) is 0 Å². The van der Waals surface area contributed by atoms with E-state index in [0.29, 0.717) is 0 Å². The Morgan fingerprint density at radius 2 is 1.85 bits per heavy atom. The molecule has 0 amide bonds. The minimum atomic E-state index is 1.09. The van der Waals surface area contributed by atoms with E-state index in [4.69, 9.17) is 0 Å². The SMILES string of the molecule is CCCn1c(C)c(C(=C2CCC2)c2cccc3ccccc23)c2sccc21. The van der Waals surface area contributed by atoms with Crippen molar-refractivity contribution in [3.8, 4) is 0 Å². The van der Waals surface area contributed by atoms with E-state index >= 15 is 0 Å². The molecule has 2 aromatic carbocycles. The van der Waals surface area contributed by atoms with Gasteiger partial charge in [-0.3, -0.25) is 0 Å². The number of nitrogens with zero attached hydrogens (tertiary/aromatic N) is 1. The molecule has 0 spiro atoms. The summed E-state index contributed by atoms with van der Waals surface area (Å²) in [5.41, 5.74) is 8.89. The van der Waals surface area contributed by atoms with E-state index < -0.39 is 0 Å². The molecule has 1 aliphatic rings. The van der Waals surface area contributed by atoms with Crippen LogP contribution in [0.1, 0.15) is 49.4 Å². The number of allylic oxidation sites excluding steroid dienone is 1. The Morgan fingerprint density at radius 1 is 1.04 bits per heavy atom. The maximum absolute atomic E-state index is 2.53. The van der Waals surface area contributed by atoms with E-state index in [2.05, 4.69) is 72.3 Å². The zero-order valence-electron chi connectivity index (χ0n) is 16.1. The number of aryl methyl sites for hydroxylation is 1. The quantitative estimate of drug-likeness (QED) is 0.349. The van der Waals surface area contributed by atoms with Crippen molar-refractivity contribution in [1.29, 1.82) is 0 Å². The van der Waals surface area contributed by atoms with Crippen molar-refractivity contribution in [2.24, 2.45) is 0 Å². The van der Waals surface area contributed by atoms with Gasteiger partial charge in [0.15, 0.2) is 0 Å². The fraction of sp³-hybridized carbons (Fsp3) is 0.280. The van der Waals surface area contributed by atoms with Crippen LogP contribution in [0.3, 0.4) is 0 Å². The van der Waals surface area contributed by atoms with E-state index in [-0.39, 0.29) is 0 Å². The molecule has 0 N–H and O–H groups in total. The standard InChI is InChI=1S/C25H25NS/c1-3-15-26-17(2)23(25-22(26)14-16-27-25)24(19-10-6-11-19)21-13-7-9-18-8-4-5-12-20(18)21/h4-5,7-9,12-14,16H,3,6,10-11,15H2,1-2H3. The highest BCUT2D eigenvalue weighted by Crippen LogP contribution is 2.45. The maximum Gasteiger partial charge on any atom is 0.0603 e. The zero-order chi connectivity index (χ0) is 18.4. The molecule has 27 heavy (non-hydrogen) atoms. The zero-order valence-corrected chi connectivity index (χ0v) is 16.9. The molecule has 1 aliphatic carbocycles. The van der Waals surface area contributed by atoms with Gasteiger partial charge in [0.1, 0.15) is 0 Å². The third-order valence-electron chi connectivity index (χ3n) is 6.00. The van der Waals surface area contributed by atoms with Gasteiger partial charge in [0.25, 0.3) is 0 Å². The van der Waals surface area contributed by atoms with Crippen molar-refractivity contribution >= 4 is 37.9 Å². The summed E-state index contributed by atoms with van der Waals surface area (Å²) >= 11 is 1.90. The maximum atomic E-state index is 2.53. The van der Waals surface area contributed by atoms with Crippen LogP contribution in [0.2, 0.25) is 0 Å². The third-order valence-corrected chi connectivity index (χ3v) is 6.92. The van der Waals surface area contributed by atoms with Crippen LogP contribution in [0.5, 0.6) is 0 Å². The Labute approximate surface area is 165 Å². The summed E-state index contributed by atoms with van der Waals surface area (Å²) in [6.45, 7) is 5.69. The van der Waals surface area contributed by atoms with E-state index in [1.54, 1.807) is 5.57 Å². The summed E-state index contributed by atoms with van der Waals surface area (Å²) in [7, 11) is 0. The molecule has 5 rings (SSSR count). The second-order valence-corrected chi connectivity index (χ2v) is 8.52. The summed E-state index contributed by atoms with van der Waals surface area (Å²) in [6.07, 6.45) is 4.97. The van der Waals surface area contributed by atoms with Gasteiger partial charge in [-0.1, -0.05) is 55.0 Å². The number of aromatic nitrogens is 1. The summed E-state index contributed by atoms with van der Waals surface area (Å²) < 4.78 is 3.99. The van der Waals surface area contributed by atoms with Crippen molar-refractivity contribution in [2.75, 3.05) is 0 Å². The molecule has 0 aliphatic heterocycles. The lowest BCUT2D eigenvalue weighted by Crippen LogP contribution is -2.05. The molecule has 1 nitrogen and oxygen atoms in total. The van der Waals surface area contributed by atoms with Crippen molar-refractivity contribution in [3.05, 3.63) is 76.3 Å². The number of fused-ring (bicyclic) bond motifs is 2. The Kier molecular flexibility index (Phi) is 4.17. The Morgan fingerprint density at radius 3 is 2.63 bits per heavy atom. The van der Waals surface area contributed by atoms with Gasteiger partial charge in [-0.15, -0.1) is 11.3 Å². The second kappa shape index (κ2) is 6.69. The molecule has 0 saturated heterocycles. The van der Waals surface area contributed by atoms with Crippen molar-refractivity contribution in [1.82, 2.24) is 4.57 Å². The Hall–Kier alpha value is -2.32. The monoisotopic (exact) mass is 371 g/mol. The summed E-state index contributed by atoms with van der Waals surface area (Å²) in [6, 6.07) is 17.9. The van der Waals surface area contributed by atoms with Gasteiger partial charge < -0.3 is 4.57 Å². The molecule has 2 aromatic heterocycles. The predicted molar refractivity (Wildman–Crippen MR) is 119 cm³/mol. The minimum absolute atomic E-state index is 1.09. The smallest absolute Gasteiger partial charge is 0.0603 e. The minimum Gasteiger partial charge on any atom is -0.344 e. The highest BCUT2D eigenvalue weighted by atomic mass is 32.1. The number of rotatable bonds is 4. The van der Waals surface area contributed by atoms with Crippen molar-refractivity contribution in [2.45, 2.75) is 46.1 Å². The lowest BCUT2D eigenvalue weighted by Gasteiger charge is -2.24. The predicted octanol–water partition coefficient (Wildman–Crippen LogP) is 7.56. The molecule has 0 radical (unpaired) electrons. The van der Waals surface area contributed by atoms with Gasteiger partial charge in [0.2, 0.25) is 0 Å². The number of benzene rings is 2. The fourth-order valence-corrected chi connectivity index (χ4v) is 5.54.